The molecule has 4 rings (SSSR count). The quantitative estimate of drug-likeness (QED) is 0.350. The molecule has 0 atom stereocenters. The number of hydrogen-bond donors (Lipinski definition) is 2. The van der Waals surface area contributed by atoms with Gasteiger partial charge in [0, 0.05) is 9.92 Å². The van der Waals surface area contributed by atoms with Crippen molar-refractivity contribution in [2.24, 2.45) is 0 Å². The van der Waals surface area contributed by atoms with Gasteiger partial charge in [-0.2, -0.15) is 5.26 Å². The highest BCUT2D eigenvalue weighted by atomic mass is 35.5. The number of hydrogen-bond acceptors (Lipinski definition) is 6. The Bertz CT molecular complexity index is 1300. The van der Waals surface area contributed by atoms with Crippen LogP contribution < -0.4 is 5.32 Å². The van der Waals surface area contributed by atoms with Gasteiger partial charge in [-0.3, -0.25) is 4.79 Å². The van der Waals surface area contributed by atoms with Crippen LogP contribution in [0.25, 0.3) is 10.2 Å². The average Bonchev–Trinajstić information content (AvgIpc) is 3.13. The first kappa shape index (κ1) is 20.5. The number of anilines is 1. The van der Waals surface area contributed by atoms with Crippen LogP contribution in [-0.2, 0) is 0 Å². The lowest BCUT2D eigenvalue weighted by Gasteiger charge is -2.10. The van der Waals surface area contributed by atoms with Crippen molar-refractivity contribution in [1.29, 1.82) is 5.26 Å². The van der Waals surface area contributed by atoms with Crippen LogP contribution in [0.3, 0.4) is 0 Å². The second-order valence-corrected chi connectivity index (χ2v) is 9.30. The van der Waals surface area contributed by atoms with Crippen molar-refractivity contribution in [3.05, 3.63) is 75.8 Å². The van der Waals surface area contributed by atoms with Crippen molar-refractivity contribution in [3.63, 3.8) is 0 Å². The lowest BCUT2D eigenvalue weighted by Crippen LogP contribution is -2.13. The third-order valence-electron chi connectivity index (χ3n) is 4.11. The largest absolute Gasteiger partial charge is 0.506 e. The fourth-order valence-corrected chi connectivity index (χ4v) is 5.29. The van der Waals surface area contributed by atoms with Crippen molar-refractivity contribution in [1.82, 2.24) is 4.98 Å². The number of phenolic OH excluding ortho intramolecular Hbond substituents is 1. The van der Waals surface area contributed by atoms with E-state index >= 15 is 0 Å². The van der Waals surface area contributed by atoms with E-state index < -0.39 is 5.91 Å². The van der Waals surface area contributed by atoms with E-state index in [1.54, 1.807) is 29.5 Å². The average molecular weight is 472 g/mol. The molecular weight excluding hydrogens is 461 g/mol. The summed E-state index contributed by atoms with van der Waals surface area (Å²) in [6, 6.07) is 17.7. The van der Waals surface area contributed by atoms with E-state index in [0.29, 0.717) is 5.69 Å². The zero-order chi connectivity index (χ0) is 21.3. The van der Waals surface area contributed by atoms with Crippen LogP contribution in [0, 0.1) is 11.3 Å². The van der Waals surface area contributed by atoms with Crippen LogP contribution in [0.5, 0.6) is 5.75 Å². The summed E-state index contributed by atoms with van der Waals surface area (Å²) < 4.78 is 1.94. The van der Waals surface area contributed by atoms with Gasteiger partial charge in [0.1, 0.15) is 11.8 Å². The summed E-state index contributed by atoms with van der Waals surface area (Å²) in [6.07, 6.45) is 0. The summed E-state index contributed by atoms with van der Waals surface area (Å²) in [7, 11) is 0. The van der Waals surface area contributed by atoms with Crippen LogP contribution in [-0.4, -0.2) is 16.0 Å². The minimum absolute atomic E-state index is 0.0317. The Hall–Kier alpha value is -2.76. The van der Waals surface area contributed by atoms with Gasteiger partial charge < -0.3 is 10.4 Å². The maximum atomic E-state index is 12.6. The summed E-state index contributed by atoms with van der Waals surface area (Å²) in [4.78, 5) is 18.0. The number of para-hydroxylation sites is 1. The zero-order valence-corrected chi connectivity index (χ0v) is 18.2. The molecular formula is C21H11Cl2N3O2S2. The molecule has 0 spiro atoms. The van der Waals surface area contributed by atoms with Crippen molar-refractivity contribution in [2.45, 2.75) is 9.24 Å². The van der Waals surface area contributed by atoms with E-state index in [1.165, 1.54) is 23.9 Å². The molecule has 0 saturated carbocycles. The number of rotatable bonds is 4. The molecule has 9 heteroatoms. The number of carbonyl (C=O) groups excluding carboxylic acids is 1. The number of phenols is 1. The van der Waals surface area contributed by atoms with Crippen LogP contribution in [0.4, 0.5) is 5.69 Å². The monoisotopic (exact) mass is 471 g/mol. The van der Waals surface area contributed by atoms with Gasteiger partial charge in [0.2, 0.25) is 0 Å². The molecule has 4 aromatic rings. The van der Waals surface area contributed by atoms with E-state index in [9.17, 15) is 15.2 Å². The van der Waals surface area contributed by atoms with Gasteiger partial charge in [0.05, 0.1) is 32.1 Å². The molecule has 0 fully saturated rings. The van der Waals surface area contributed by atoms with Gasteiger partial charge in [-0.15, -0.1) is 11.3 Å². The van der Waals surface area contributed by atoms with Crippen LogP contribution in [0.1, 0.15) is 15.9 Å². The highest BCUT2D eigenvalue weighted by Crippen LogP contribution is 2.36. The number of fused-ring (bicyclic) bond motifs is 1. The van der Waals surface area contributed by atoms with Crippen LogP contribution in [0.2, 0.25) is 10.0 Å². The number of amides is 1. The summed E-state index contributed by atoms with van der Waals surface area (Å²) in [5, 5.41) is 22.4. The minimum Gasteiger partial charge on any atom is -0.506 e. The minimum atomic E-state index is -0.625. The van der Waals surface area contributed by atoms with Crippen molar-refractivity contribution in [2.75, 3.05) is 5.32 Å². The van der Waals surface area contributed by atoms with Gasteiger partial charge in [-0.1, -0.05) is 47.1 Å². The van der Waals surface area contributed by atoms with Gasteiger partial charge in [-0.05, 0) is 42.5 Å². The number of nitrogens with one attached hydrogen (secondary N) is 1. The van der Waals surface area contributed by atoms with E-state index in [-0.39, 0.29) is 26.9 Å². The van der Waals surface area contributed by atoms with Crippen molar-refractivity contribution < 1.29 is 9.90 Å². The number of aromatic hydroxyl groups is 1. The predicted molar refractivity (Wildman–Crippen MR) is 121 cm³/mol. The molecule has 2 N–H and O–H groups in total. The van der Waals surface area contributed by atoms with Gasteiger partial charge in [-0.25, -0.2) is 4.98 Å². The molecule has 5 nitrogen and oxygen atoms in total. The summed E-state index contributed by atoms with van der Waals surface area (Å²) >= 11 is 14.8. The second kappa shape index (κ2) is 8.54. The maximum Gasteiger partial charge on any atom is 0.259 e. The molecule has 1 heterocycles. The van der Waals surface area contributed by atoms with E-state index in [0.717, 1.165) is 19.5 Å². The number of nitrogens with zero attached hydrogens (tertiary/aromatic N) is 2. The Labute approximate surface area is 189 Å². The Balaban J connectivity index is 1.58. The second-order valence-electron chi connectivity index (χ2n) is 6.11. The van der Waals surface area contributed by atoms with Crippen LogP contribution >= 0.6 is 46.3 Å². The number of carbonyl (C=O) groups is 1. The number of benzene rings is 3. The molecule has 1 amide bonds. The van der Waals surface area contributed by atoms with Gasteiger partial charge >= 0.3 is 0 Å². The Morgan fingerprint density at radius 3 is 2.73 bits per heavy atom. The number of halogens is 2. The van der Waals surface area contributed by atoms with Crippen LogP contribution in [0.15, 0.2) is 63.8 Å². The highest BCUT2D eigenvalue weighted by molar-refractivity contribution is 8.01. The van der Waals surface area contributed by atoms with E-state index in [1.807, 2.05) is 24.3 Å². The van der Waals surface area contributed by atoms with Crippen molar-refractivity contribution >= 4 is 68.1 Å². The van der Waals surface area contributed by atoms with Gasteiger partial charge in [0.15, 0.2) is 4.34 Å². The molecule has 0 unspecified atom stereocenters. The number of nitriles is 1. The van der Waals surface area contributed by atoms with E-state index in [4.69, 9.17) is 23.2 Å². The number of aromatic nitrogens is 1. The maximum absolute atomic E-state index is 12.6. The molecule has 1 aromatic heterocycles. The smallest absolute Gasteiger partial charge is 0.259 e. The topological polar surface area (TPSA) is 86.0 Å². The third-order valence-corrected chi connectivity index (χ3v) is 6.70. The van der Waals surface area contributed by atoms with E-state index in [2.05, 4.69) is 16.4 Å². The highest BCUT2D eigenvalue weighted by Gasteiger charge is 2.17. The molecule has 0 bridgehead atoms. The lowest BCUT2D eigenvalue weighted by molar-refractivity contribution is 0.102. The standard InChI is InChI=1S/C21H11Cl2N3O2S2/c22-12-8-14(19(27)15(23)9-12)20(28)25-16-6-5-13(7-11(16)10-24)29-21-26-17-3-1-2-4-18(17)30-21/h1-9,27H,(H,25,28). The summed E-state index contributed by atoms with van der Waals surface area (Å²) in [5.41, 5.74) is 1.44. The Kier molecular flexibility index (Phi) is 5.84. The lowest BCUT2D eigenvalue weighted by atomic mass is 10.1. The molecule has 0 aliphatic carbocycles. The zero-order valence-electron chi connectivity index (χ0n) is 15.0. The Morgan fingerprint density at radius 2 is 1.97 bits per heavy atom. The Morgan fingerprint density at radius 1 is 1.17 bits per heavy atom. The predicted octanol–water partition coefficient (Wildman–Crippen LogP) is 6.58. The number of thiazole rings is 1. The fourth-order valence-electron chi connectivity index (χ4n) is 2.71. The first-order valence-electron chi connectivity index (χ1n) is 8.51. The molecule has 0 saturated heterocycles. The molecule has 0 aliphatic rings. The third kappa shape index (κ3) is 4.23. The molecule has 0 radical (unpaired) electrons. The van der Waals surface area contributed by atoms with Gasteiger partial charge in [0.25, 0.3) is 5.91 Å². The summed E-state index contributed by atoms with van der Waals surface area (Å²) in [6.45, 7) is 0. The molecule has 30 heavy (non-hydrogen) atoms. The first-order valence-corrected chi connectivity index (χ1v) is 10.9. The fraction of sp³-hybridized carbons (Fsp3) is 0. The SMILES string of the molecule is N#Cc1cc(Sc2nc3ccccc3s2)ccc1NC(=O)c1cc(Cl)cc(Cl)c1O. The van der Waals surface area contributed by atoms with Crippen molar-refractivity contribution in [3.8, 4) is 11.8 Å². The normalized spacial score (nSPS) is 10.7. The first-order chi connectivity index (χ1) is 14.4. The summed E-state index contributed by atoms with van der Waals surface area (Å²) in [5.74, 6) is -1.000. The molecule has 3 aromatic carbocycles. The molecule has 148 valence electrons. The molecule has 0 aliphatic heterocycles.